The number of thioether (sulfide) groups is 1. The Bertz CT molecular complexity index is 1490. The lowest BCUT2D eigenvalue weighted by atomic mass is 10.1. The van der Waals surface area contributed by atoms with Crippen molar-refractivity contribution >= 4 is 62.4 Å². The molecule has 1 amide bonds. The molecule has 0 spiro atoms. The minimum absolute atomic E-state index is 0.0824. The average molecular weight is 484 g/mol. The molecule has 0 saturated heterocycles. The Morgan fingerprint density at radius 2 is 1.71 bits per heavy atom. The van der Waals surface area contributed by atoms with Gasteiger partial charge in [-0.25, -0.2) is 4.99 Å². The molecule has 176 valence electrons. The summed E-state index contributed by atoms with van der Waals surface area (Å²) in [6, 6.07) is 23.9. The van der Waals surface area contributed by atoms with Gasteiger partial charge in [0.1, 0.15) is 5.70 Å². The number of ether oxygens (including phenoxy) is 1. The summed E-state index contributed by atoms with van der Waals surface area (Å²) < 4.78 is 7.34. The normalized spacial score (nSPS) is 14.8. The van der Waals surface area contributed by atoms with Crippen LogP contribution in [0.15, 0.2) is 83.5 Å². The van der Waals surface area contributed by atoms with Gasteiger partial charge in [-0.2, -0.15) is 0 Å². The number of amidine groups is 1. The van der Waals surface area contributed by atoms with Crippen molar-refractivity contribution in [3.05, 3.63) is 84.1 Å². The SMILES string of the molecule is CCOC(=O)CSC1=N/C(=C\c2ccc3c(c2)c2ccccc2n3CC)C(=O)N1c1ccccc1. The molecule has 2 heterocycles. The molecule has 7 heteroatoms. The first-order chi connectivity index (χ1) is 17.1. The van der Waals surface area contributed by atoms with Gasteiger partial charge >= 0.3 is 5.97 Å². The number of fused-ring (bicyclic) bond motifs is 3. The summed E-state index contributed by atoms with van der Waals surface area (Å²) in [6.07, 6.45) is 1.81. The predicted molar refractivity (Wildman–Crippen MR) is 144 cm³/mol. The largest absolute Gasteiger partial charge is 0.465 e. The van der Waals surface area contributed by atoms with E-state index in [4.69, 9.17) is 4.74 Å². The second-order valence-electron chi connectivity index (χ2n) is 8.03. The van der Waals surface area contributed by atoms with E-state index in [1.165, 1.54) is 22.7 Å². The third kappa shape index (κ3) is 4.35. The molecule has 0 aliphatic carbocycles. The molecule has 0 bridgehead atoms. The zero-order valence-electron chi connectivity index (χ0n) is 19.6. The predicted octanol–water partition coefficient (Wildman–Crippen LogP) is 5.85. The first-order valence-corrected chi connectivity index (χ1v) is 12.6. The lowest BCUT2D eigenvalue weighted by molar-refractivity contribution is -0.139. The van der Waals surface area contributed by atoms with Crippen LogP contribution in [-0.4, -0.2) is 34.0 Å². The van der Waals surface area contributed by atoms with Gasteiger partial charge in [0.15, 0.2) is 5.17 Å². The Labute approximate surface area is 207 Å². The molecule has 1 aromatic heterocycles. The number of benzene rings is 3. The molecule has 0 saturated carbocycles. The first kappa shape index (κ1) is 22.9. The number of hydrogen-bond acceptors (Lipinski definition) is 5. The zero-order valence-corrected chi connectivity index (χ0v) is 20.4. The van der Waals surface area contributed by atoms with Crippen molar-refractivity contribution in [2.24, 2.45) is 4.99 Å². The lowest BCUT2D eigenvalue weighted by Gasteiger charge is -2.17. The fourth-order valence-corrected chi connectivity index (χ4v) is 5.19. The van der Waals surface area contributed by atoms with Crippen LogP contribution in [0, 0.1) is 0 Å². The molecule has 0 atom stereocenters. The van der Waals surface area contributed by atoms with Gasteiger partial charge in [-0.05, 0) is 55.8 Å². The minimum atomic E-state index is -0.337. The summed E-state index contributed by atoms with van der Waals surface area (Å²) in [5.41, 5.74) is 4.29. The average Bonchev–Trinajstić information content (AvgIpc) is 3.37. The summed E-state index contributed by atoms with van der Waals surface area (Å²) in [7, 11) is 0. The first-order valence-electron chi connectivity index (χ1n) is 11.6. The topological polar surface area (TPSA) is 63.9 Å². The second kappa shape index (κ2) is 9.80. The number of esters is 1. The van der Waals surface area contributed by atoms with Gasteiger partial charge in [-0.1, -0.05) is 54.2 Å². The molecular formula is C28H25N3O3S. The maximum absolute atomic E-state index is 13.4. The third-order valence-electron chi connectivity index (χ3n) is 5.88. The van der Waals surface area contributed by atoms with Crippen molar-refractivity contribution in [3.63, 3.8) is 0 Å². The number of anilines is 1. The number of amides is 1. The molecule has 3 aromatic carbocycles. The van der Waals surface area contributed by atoms with Gasteiger partial charge in [0, 0.05) is 28.4 Å². The van der Waals surface area contributed by atoms with Crippen LogP contribution in [0.5, 0.6) is 0 Å². The summed E-state index contributed by atoms with van der Waals surface area (Å²) in [5, 5.41) is 2.79. The van der Waals surface area contributed by atoms with Crippen LogP contribution in [0.4, 0.5) is 5.69 Å². The Balaban J connectivity index is 1.54. The molecule has 6 nitrogen and oxygen atoms in total. The van der Waals surface area contributed by atoms with E-state index >= 15 is 0 Å². The van der Waals surface area contributed by atoms with E-state index in [0.29, 0.717) is 23.2 Å². The van der Waals surface area contributed by atoms with Crippen molar-refractivity contribution in [3.8, 4) is 0 Å². The van der Waals surface area contributed by atoms with Crippen molar-refractivity contribution in [1.29, 1.82) is 0 Å². The van der Waals surface area contributed by atoms with E-state index < -0.39 is 0 Å². The maximum atomic E-state index is 13.4. The van der Waals surface area contributed by atoms with Crippen molar-refractivity contribution in [2.45, 2.75) is 20.4 Å². The van der Waals surface area contributed by atoms with Gasteiger partial charge in [-0.15, -0.1) is 0 Å². The van der Waals surface area contributed by atoms with Gasteiger partial charge < -0.3 is 9.30 Å². The highest BCUT2D eigenvalue weighted by Gasteiger charge is 2.32. The fourth-order valence-electron chi connectivity index (χ4n) is 4.38. The second-order valence-corrected chi connectivity index (χ2v) is 8.97. The lowest BCUT2D eigenvalue weighted by Crippen LogP contribution is -2.30. The van der Waals surface area contributed by atoms with Crippen LogP contribution in [0.3, 0.4) is 0 Å². The molecule has 4 aromatic rings. The number of hydrogen-bond donors (Lipinski definition) is 0. The molecule has 5 rings (SSSR count). The highest BCUT2D eigenvalue weighted by atomic mass is 32.2. The highest BCUT2D eigenvalue weighted by Crippen LogP contribution is 2.32. The fraction of sp³-hybridized carbons (Fsp3) is 0.179. The molecule has 0 unspecified atom stereocenters. The smallest absolute Gasteiger partial charge is 0.316 e. The number of carbonyl (C=O) groups excluding carboxylic acids is 2. The van der Waals surface area contributed by atoms with Crippen LogP contribution >= 0.6 is 11.8 Å². The van der Waals surface area contributed by atoms with Gasteiger partial charge in [0.25, 0.3) is 5.91 Å². The van der Waals surface area contributed by atoms with E-state index in [1.54, 1.807) is 11.8 Å². The van der Waals surface area contributed by atoms with E-state index in [1.807, 2.05) is 48.5 Å². The molecular weight excluding hydrogens is 458 g/mol. The van der Waals surface area contributed by atoms with E-state index in [-0.39, 0.29) is 17.6 Å². The summed E-state index contributed by atoms with van der Waals surface area (Å²) in [6.45, 7) is 5.10. The number of rotatable bonds is 6. The van der Waals surface area contributed by atoms with E-state index in [0.717, 1.165) is 23.0 Å². The van der Waals surface area contributed by atoms with Gasteiger partial charge in [0.05, 0.1) is 18.0 Å². The summed E-state index contributed by atoms with van der Waals surface area (Å²) in [4.78, 5) is 31.5. The molecule has 1 aliphatic heterocycles. The minimum Gasteiger partial charge on any atom is -0.465 e. The highest BCUT2D eigenvalue weighted by molar-refractivity contribution is 8.14. The van der Waals surface area contributed by atoms with E-state index in [9.17, 15) is 9.59 Å². The Morgan fingerprint density at radius 1 is 0.971 bits per heavy atom. The van der Waals surface area contributed by atoms with Crippen LogP contribution in [0.2, 0.25) is 0 Å². The number of nitrogens with zero attached hydrogens (tertiary/aromatic N) is 3. The van der Waals surface area contributed by atoms with Crippen LogP contribution < -0.4 is 4.90 Å². The molecule has 0 radical (unpaired) electrons. The molecule has 0 fully saturated rings. The third-order valence-corrected chi connectivity index (χ3v) is 6.80. The van der Waals surface area contributed by atoms with Crippen LogP contribution in [-0.2, 0) is 20.9 Å². The number of aromatic nitrogens is 1. The zero-order chi connectivity index (χ0) is 24.4. The van der Waals surface area contributed by atoms with Gasteiger partial charge in [-0.3, -0.25) is 14.5 Å². The monoisotopic (exact) mass is 483 g/mol. The Hall–Kier alpha value is -3.84. The quantitative estimate of drug-likeness (QED) is 0.255. The van der Waals surface area contributed by atoms with Crippen molar-refractivity contribution < 1.29 is 14.3 Å². The number of carbonyl (C=O) groups is 2. The number of aryl methyl sites for hydroxylation is 1. The molecule has 0 N–H and O–H groups in total. The molecule has 1 aliphatic rings. The summed E-state index contributed by atoms with van der Waals surface area (Å²) in [5.74, 6) is -0.478. The Morgan fingerprint density at radius 3 is 2.49 bits per heavy atom. The van der Waals surface area contributed by atoms with E-state index in [2.05, 4.69) is 46.8 Å². The van der Waals surface area contributed by atoms with Crippen molar-refractivity contribution in [1.82, 2.24) is 4.57 Å². The van der Waals surface area contributed by atoms with Crippen molar-refractivity contribution in [2.75, 3.05) is 17.3 Å². The standard InChI is InChI=1S/C28H25N3O3S/c1-3-30-24-13-9-8-12-21(24)22-16-19(14-15-25(22)30)17-23-27(33)31(20-10-6-5-7-11-20)28(29-23)35-18-26(32)34-4-2/h5-17H,3-4,18H2,1-2H3/b23-17-. The van der Waals surface area contributed by atoms with Crippen LogP contribution in [0.25, 0.3) is 27.9 Å². The Kier molecular flexibility index (Phi) is 6.42. The summed E-state index contributed by atoms with van der Waals surface area (Å²) >= 11 is 1.20. The van der Waals surface area contributed by atoms with Crippen LogP contribution in [0.1, 0.15) is 19.4 Å². The van der Waals surface area contributed by atoms with Gasteiger partial charge in [0.2, 0.25) is 0 Å². The number of aliphatic imine (C=N–C) groups is 1. The molecule has 35 heavy (non-hydrogen) atoms. The maximum Gasteiger partial charge on any atom is 0.316 e. The number of para-hydroxylation sites is 2.